The van der Waals surface area contributed by atoms with Crippen molar-refractivity contribution in [2.45, 2.75) is 44.6 Å². The Morgan fingerprint density at radius 1 is 1.04 bits per heavy atom. The third-order valence-electron chi connectivity index (χ3n) is 4.94. The number of para-hydroxylation sites is 1. The van der Waals surface area contributed by atoms with Gasteiger partial charge < -0.3 is 9.15 Å². The number of benzene rings is 2. The maximum atomic E-state index is 6.14. The number of aromatic nitrogens is 2. The molecule has 25 heavy (non-hydrogen) atoms. The van der Waals surface area contributed by atoms with E-state index in [0.717, 1.165) is 30.6 Å². The zero-order valence-corrected chi connectivity index (χ0v) is 14.6. The second-order valence-electron chi connectivity index (χ2n) is 6.67. The van der Waals surface area contributed by atoms with E-state index >= 15 is 0 Å². The van der Waals surface area contributed by atoms with Crippen LogP contribution in [0.15, 0.2) is 59.0 Å². The van der Waals surface area contributed by atoms with Gasteiger partial charge in [0.15, 0.2) is 6.10 Å². The van der Waals surface area contributed by atoms with Gasteiger partial charge in [0.1, 0.15) is 5.75 Å². The second kappa shape index (κ2) is 6.36. The number of nitrogens with zero attached hydrogens (tertiary/aromatic N) is 2. The van der Waals surface area contributed by atoms with Gasteiger partial charge in [-0.05, 0) is 43.4 Å². The molecular weight excluding hydrogens is 312 g/mol. The largest absolute Gasteiger partial charge is 0.480 e. The molecule has 1 atom stereocenters. The molecule has 1 aliphatic rings. The summed E-state index contributed by atoms with van der Waals surface area (Å²) in [6, 6.07) is 18.4. The third-order valence-corrected chi connectivity index (χ3v) is 4.94. The first-order valence-electron chi connectivity index (χ1n) is 8.84. The topological polar surface area (TPSA) is 48.2 Å². The minimum atomic E-state index is -0.228. The predicted molar refractivity (Wildman–Crippen MR) is 95.6 cm³/mol. The minimum Gasteiger partial charge on any atom is -0.480 e. The first-order valence-corrected chi connectivity index (χ1v) is 8.84. The highest BCUT2D eigenvalue weighted by atomic mass is 16.5. The van der Waals surface area contributed by atoms with Gasteiger partial charge in [-0.15, -0.1) is 10.2 Å². The molecule has 4 heteroatoms. The lowest BCUT2D eigenvalue weighted by molar-refractivity contribution is 0.161. The molecule has 3 aromatic rings. The van der Waals surface area contributed by atoms with Gasteiger partial charge in [0.2, 0.25) is 5.89 Å². The zero-order chi connectivity index (χ0) is 17.3. The predicted octanol–water partition coefficient (Wildman–Crippen LogP) is 4.99. The van der Waals surface area contributed by atoms with Crippen LogP contribution >= 0.6 is 0 Å². The van der Waals surface area contributed by atoms with Crippen molar-refractivity contribution in [2.75, 3.05) is 0 Å². The Morgan fingerprint density at radius 3 is 2.44 bits per heavy atom. The summed E-state index contributed by atoms with van der Waals surface area (Å²) in [7, 11) is 0. The van der Waals surface area contributed by atoms with Gasteiger partial charge in [0.25, 0.3) is 5.89 Å². The van der Waals surface area contributed by atoms with E-state index in [9.17, 15) is 0 Å². The van der Waals surface area contributed by atoms with Crippen LogP contribution in [0.3, 0.4) is 0 Å². The van der Waals surface area contributed by atoms with Crippen molar-refractivity contribution in [1.82, 2.24) is 10.2 Å². The van der Waals surface area contributed by atoms with Crippen molar-refractivity contribution in [2.24, 2.45) is 0 Å². The van der Waals surface area contributed by atoms with Gasteiger partial charge in [-0.25, -0.2) is 0 Å². The van der Waals surface area contributed by atoms with Crippen LogP contribution in [0.1, 0.15) is 55.2 Å². The summed E-state index contributed by atoms with van der Waals surface area (Å²) in [5, 5.41) is 8.67. The highest BCUT2D eigenvalue weighted by molar-refractivity contribution is 5.38. The monoisotopic (exact) mass is 334 g/mol. The molecule has 1 saturated carbocycles. The van der Waals surface area contributed by atoms with Crippen molar-refractivity contribution in [3.63, 3.8) is 0 Å². The van der Waals surface area contributed by atoms with Gasteiger partial charge >= 0.3 is 0 Å². The molecule has 1 aromatic heterocycles. The van der Waals surface area contributed by atoms with E-state index in [0.29, 0.717) is 11.8 Å². The molecule has 0 N–H and O–H groups in total. The van der Waals surface area contributed by atoms with Gasteiger partial charge in [-0.3, -0.25) is 0 Å². The molecule has 0 spiro atoms. The van der Waals surface area contributed by atoms with Crippen LogP contribution in [0.5, 0.6) is 5.75 Å². The highest BCUT2D eigenvalue weighted by Gasteiger charge is 2.50. The van der Waals surface area contributed by atoms with Crippen LogP contribution in [0.4, 0.5) is 0 Å². The van der Waals surface area contributed by atoms with Crippen LogP contribution < -0.4 is 4.74 Å². The lowest BCUT2D eigenvalue weighted by Crippen LogP contribution is -2.09. The Labute approximate surface area is 147 Å². The fraction of sp³-hybridized carbons (Fsp3) is 0.333. The summed E-state index contributed by atoms with van der Waals surface area (Å²) in [5.41, 5.74) is 2.25. The van der Waals surface area contributed by atoms with Gasteiger partial charge in [-0.2, -0.15) is 0 Å². The highest BCUT2D eigenvalue weighted by Crippen LogP contribution is 2.53. The molecule has 0 unspecified atom stereocenters. The van der Waals surface area contributed by atoms with E-state index in [-0.39, 0.29) is 11.5 Å². The SMILES string of the molecule is CC[C@H](Oc1ccccc1C)c1nnc(C2(c3ccccc3)CC2)o1. The zero-order valence-electron chi connectivity index (χ0n) is 14.6. The Balaban J connectivity index is 1.59. The maximum absolute atomic E-state index is 6.14. The number of rotatable bonds is 6. The minimum absolute atomic E-state index is 0.104. The van der Waals surface area contributed by atoms with Crippen LogP contribution in [0.2, 0.25) is 0 Å². The molecule has 0 saturated heterocycles. The lowest BCUT2D eigenvalue weighted by atomic mass is 9.96. The van der Waals surface area contributed by atoms with E-state index in [4.69, 9.17) is 9.15 Å². The third kappa shape index (κ3) is 2.93. The number of hydrogen-bond donors (Lipinski definition) is 0. The van der Waals surface area contributed by atoms with Gasteiger partial charge in [0.05, 0.1) is 5.41 Å². The van der Waals surface area contributed by atoms with Crippen LogP contribution in [-0.2, 0) is 5.41 Å². The van der Waals surface area contributed by atoms with E-state index in [2.05, 4.69) is 41.4 Å². The Morgan fingerprint density at radius 2 is 1.76 bits per heavy atom. The first-order chi connectivity index (χ1) is 12.2. The van der Waals surface area contributed by atoms with Gasteiger partial charge in [-0.1, -0.05) is 55.5 Å². The van der Waals surface area contributed by atoms with E-state index in [1.54, 1.807) is 0 Å². The molecule has 0 bridgehead atoms. The lowest BCUT2D eigenvalue weighted by Gasteiger charge is -2.16. The number of aryl methyl sites for hydroxylation is 1. The van der Waals surface area contributed by atoms with Crippen molar-refractivity contribution in [3.05, 3.63) is 77.5 Å². The number of hydrogen-bond acceptors (Lipinski definition) is 4. The summed E-state index contributed by atoms with van der Waals surface area (Å²) in [4.78, 5) is 0. The molecule has 0 aliphatic heterocycles. The summed E-state index contributed by atoms with van der Waals surface area (Å²) < 4.78 is 12.2. The molecule has 2 aromatic carbocycles. The standard InChI is InChI=1S/C21H22N2O2/c1-3-17(24-18-12-8-7-9-15(18)2)19-22-23-20(25-19)21(13-14-21)16-10-5-4-6-11-16/h4-12,17H,3,13-14H2,1-2H3/t17-/m0/s1. The fourth-order valence-electron chi connectivity index (χ4n) is 3.22. The summed E-state index contributed by atoms with van der Waals surface area (Å²) >= 11 is 0. The smallest absolute Gasteiger partial charge is 0.257 e. The molecule has 1 heterocycles. The molecule has 4 nitrogen and oxygen atoms in total. The molecule has 1 aliphatic carbocycles. The molecular formula is C21H22N2O2. The maximum Gasteiger partial charge on any atom is 0.257 e. The van der Waals surface area contributed by atoms with E-state index < -0.39 is 0 Å². The molecule has 1 fully saturated rings. The molecule has 0 amide bonds. The van der Waals surface area contributed by atoms with Crippen molar-refractivity contribution >= 4 is 0 Å². The summed E-state index contributed by atoms with van der Waals surface area (Å²) in [6.45, 7) is 4.10. The van der Waals surface area contributed by atoms with Crippen molar-refractivity contribution in [1.29, 1.82) is 0 Å². The molecule has 0 radical (unpaired) electrons. The Kier molecular flexibility index (Phi) is 4.04. The van der Waals surface area contributed by atoms with Crippen molar-refractivity contribution < 1.29 is 9.15 Å². The van der Waals surface area contributed by atoms with E-state index in [1.807, 2.05) is 37.3 Å². The summed E-state index contributed by atoms with van der Waals surface area (Å²) in [5.74, 6) is 2.13. The quantitative estimate of drug-likeness (QED) is 0.637. The molecule has 4 rings (SSSR count). The Bertz CT molecular complexity index is 853. The van der Waals surface area contributed by atoms with Crippen LogP contribution in [0.25, 0.3) is 0 Å². The summed E-state index contributed by atoms with van der Waals surface area (Å²) in [6.07, 6.45) is 2.64. The Hall–Kier alpha value is -2.62. The van der Waals surface area contributed by atoms with Crippen LogP contribution in [-0.4, -0.2) is 10.2 Å². The normalized spacial score (nSPS) is 16.4. The van der Waals surface area contributed by atoms with Crippen molar-refractivity contribution in [3.8, 4) is 5.75 Å². The molecule has 128 valence electrons. The second-order valence-corrected chi connectivity index (χ2v) is 6.67. The fourth-order valence-corrected chi connectivity index (χ4v) is 3.22. The average molecular weight is 334 g/mol. The van der Waals surface area contributed by atoms with Gasteiger partial charge in [0, 0.05) is 0 Å². The van der Waals surface area contributed by atoms with E-state index in [1.165, 1.54) is 5.56 Å². The average Bonchev–Trinajstić information content (AvgIpc) is 3.32. The van der Waals surface area contributed by atoms with Crippen LogP contribution in [0, 0.1) is 6.92 Å². The first kappa shape index (κ1) is 15.9. The number of ether oxygens (including phenoxy) is 1.